The molecule has 0 radical (unpaired) electrons. The molecule has 17 heavy (non-hydrogen) atoms. The Labute approximate surface area is 116 Å². The SMILES string of the molecule is Cc1c(N)ncnc1Nc1cc(Br)ccc1Br. The van der Waals surface area contributed by atoms with Gasteiger partial charge in [0.2, 0.25) is 0 Å². The molecule has 1 aromatic carbocycles. The van der Waals surface area contributed by atoms with Gasteiger partial charge < -0.3 is 11.1 Å². The number of benzene rings is 1. The predicted octanol–water partition coefficient (Wildman–Crippen LogP) is 3.64. The van der Waals surface area contributed by atoms with Crippen molar-refractivity contribution in [2.24, 2.45) is 0 Å². The second-order valence-electron chi connectivity index (χ2n) is 3.48. The number of halogens is 2. The highest BCUT2D eigenvalue weighted by Gasteiger charge is 2.07. The minimum atomic E-state index is 0.480. The first-order valence-corrected chi connectivity index (χ1v) is 6.45. The normalized spacial score (nSPS) is 10.3. The molecule has 0 aliphatic heterocycles. The number of hydrogen-bond acceptors (Lipinski definition) is 4. The van der Waals surface area contributed by atoms with Gasteiger partial charge in [0.25, 0.3) is 0 Å². The van der Waals surface area contributed by atoms with E-state index in [0.717, 1.165) is 20.2 Å². The number of anilines is 3. The largest absolute Gasteiger partial charge is 0.383 e. The van der Waals surface area contributed by atoms with Crippen LogP contribution in [0.25, 0.3) is 0 Å². The molecule has 88 valence electrons. The van der Waals surface area contributed by atoms with Crippen LogP contribution in [0.15, 0.2) is 33.5 Å². The Hall–Kier alpha value is -1.14. The Balaban J connectivity index is 2.38. The summed E-state index contributed by atoms with van der Waals surface area (Å²) in [6, 6.07) is 5.87. The van der Waals surface area contributed by atoms with Crippen LogP contribution in [-0.2, 0) is 0 Å². The minimum Gasteiger partial charge on any atom is -0.383 e. The molecule has 0 amide bonds. The first-order valence-electron chi connectivity index (χ1n) is 4.87. The summed E-state index contributed by atoms with van der Waals surface area (Å²) in [5.74, 6) is 1.19. The molecule has 1 aromatic heterocycles. The maximum absolute atomic E-state index is 5.73. The van der Waals surface area contributed by atoms with Gasteiger partial charge in [-0.2, -0.15) is 0 Å². The fourth-order valence-electron chi connectivity index (χ4n) is 1.31. The molecular weight excluding hydrogens is 348 g/mol. The van der Waals surface area contributed by atoms with Crippen molar-refractivity contribution in [3.05, 3.63) is 39.0 Å². The summed E-state index contributed by atoms with van der Waals surface area (Å²) in [6.07, 6.45) is 1.44. The van der Waals surface area contributed by atoms with Crippen LogP contribution in [-0.4, -0.2) is 9.97 Å². The van der Waals surface area contributed by atoms with Crippen LogP contribution in [0.2, 0.25) is 0 Å². The van der Waals surface area contributed by atoms with Gasteiger partial charge >= 0.3 is 0 Å². The summed E-state index contributed by atoms with van der Waals surface area (Å²) in [7, 11) is 0. The number of nitrogens with two attached hydrogens (primary N) is 1. The smallest absolute Gasteiger partial charge is 0.138 e. The summed E-state index contributed by atoms with van der Waals surface area (Å²) in [4.78, 5) is 8.09. The van der Waals surface area contributed by atoms with E-state index in [-0.39, 0.29) is 0 Å². The van der Waals surface area contributed by atoms with Crippen LogP contribution in [0.5, 0.6) is 0 Å². The van der Waals surface area contributed by atoms with Crippen LogP contribution in [0.4, 0.5) is 17.3 Å². The van der Waals surface area contributed by atoms with Gasteiger partial charge in [-0.3, -0.25) is 0 Å². The third kappa shape index (κ3) is 2.76. The van der Waals surface area contributed by atoms with Crippen molar-refractivity contribution in [1.82, 2.24) is 9.97 Å². The first kappa shape index (κ1) is 12.3. The molecule has 2 rings (SSSR count). The van der Waals surface area contributed by atoms with Gasteiger partial charge in [-0.25, -0.2) is 9.97 Å². The van der Waals surface area contributed by atoms with E-state index < -0.39 is 0 Å². The molecule has 1 heterocycles. The van der Waals surface area contributed by atoms with E-state index in [2.05, 4.69) is 47.1 Å². The minimum absolute atomic E-state index is 0.480. The monoisotopic (exact) mass is 356 g/mol. The van der Waals surface area contributed by atoms with Gasteiger partial charge in [0, 0.05) is 14.5 Å². The van der Waals surface area contributed by atoms with Crippen molar-refractivity contribution in [1.29, 1.82) is 0 Å². The summed E-state index contributed by atoms with van der Waals surface area (Å²) < 4.78 is 1.94. The number of nitrogens with zero attached hydrogens (tertiary/aromatic N) is 2. The van der Waals surface area contributed by atoms with Crippen LogP contribution in [0.3, 0.4) is 0 Å². The van der Waals surface area contributed by atoms with E-state index >= 15 is 0 Å². The van der Waals surface area contributed by atoms with Crippen LogP contribution in [0, 0.1) is 6.92 Å². The quantitative estimate of drug-likeness (QED) is 0.861. The standard InChI is InChI=1S/C11H10Br2N4/c1-6-10(14)15-5-16-11(6)17-9-4-7(12)2-3-8(9)13/h2-5H,1H3,(H3,14,15,16,17). The van der Waals surface area contributed by atoms with Crippen LogP contribution < -0.4 is 11.1 Å². The fourth-order valence-corrected chi connectivity index (χ4v) is 2.02. The number of rotatable bonds is 2. The molecule has 0 spiro atoms. The van der Waals surface area contributed by atoms with Crippen molar-refractivity contribution in [2.45, 2.75) is 6.92 Å². The van der Waals surface area contributed by atoms with E-state index in [9.17, 15) is 0 Å². The molecule has 2 aromatic rings. The van der Waals surface area contributed by atoms with Gasteiger partial charge in [0.05, 0.1) is 5.69 Å². The molecule has 0 aliphatic carbocycles. The number of aromatic nitrogens is 2. The van der Waals surface area contributed by atoms with Gasteiger partial charge in [-0.1, -0.05) is 15.9 Å². The summed E-state index contributed by atoms with van der Waals surface area (Å²) in [5, 5.41) is 3.21. The molecule has 6 heteroatoms. The van der Waals surface area contributed by atoms with Crippen LogP contribution in [0.1, 0.15) is 5.56 Å². The predicted molar refractivity (Wildman–Crippen MR) is 76.3 cm³/mol. The van der Waals surface area contributed by atoms with E-state index in [1.807, 2.05) is 25.1 Å². The molecule has 0 fully saturated rings. The number of nitrogens with one attached hydrogen (secondary N) is 1. The maximum atomic E-state index is 5.73. The second kappa shape index (κ2) is 5.01. The average Bonchev–Trinajstić information content (AvgIpc) is 2.30. The number of nitrogen functional groups attached to an aromatic ring is 1. The van der Waals surface area contributed by atoms with Crippen LogP contribution >= 0.6 is 31.9 Å². The Morgan fingerprint density at radius 3 is 2.76 bits per heavy atom. The third-order valence-electron chi connectivity index (χ3n) is 2.30. The molecule has 0 saturated carbocycles. The zero-order valence-corrected chi connectivity index (χ0v) is 12.2. The lowest BCUT2D eigenvalue weighted by Crippen LogP contribution is -2.02. The average molecular weight is 358 g/mol. The van der Waals surface area contributed by atoms with Crippen molar-refractivity contribution < 1.29 is 0 Å². The van der Waals surface area contributed by atoms with Crippen molar-refractivity contribution in [2.75, 3.05) is 11.1 Å². The summed E-state index contributed by atoms with van der Waals surface area (Å²) in [6.45, 7) is 1.88. The molecule has 0 bridgehead atoms. The highest BCUT2D eigenvalue weighted by atomic mass is 79.9. The second-order valence-corrected chi connectivity index (χ2v) is 5.25. The Bertz CT molecular complexity index is 557. The lowest BCUT2D eigenvalue weighted by atomic mass is 10.3. The molecule has 4 nitrogen and oxygen atoms in total. The Kier molecular flexibility index (Phi) is 3.63. The maximum Gasteiger partial charge on any atom is 0.138 e. The van der Waals surface area contributed by atoms with Crippen molar-refractivity contribution in [3.63, 3.8) is 0 Å². The third-order valence-corrected chi connectivity index (χ3v) is 3.49. The van der Waals surface area contributed by atoms with E-state index in [0.29, 0.717) is 11.6 Å². The Morgan fingerprint density at radius 1 is 1.24 bits per heavy atom. The van der Waals surface area contributed by atoms with Crippen molar-refractivity contribution in [3.8, 4) is 0 Å². The van der Waals surface area contributed by atoms with Gasteiger partial charge in [-0.05, 0) is 41.1 Å². The summed E-state index contributed by atoms with van der Waals surface area (Å²) >= 11 is 6.90. The molecule has 0 unspecified atom stereocenters. The molecule has 0 saturated heterocycles. The zero-order chi connectivity index (χ0) is 12.4. The zero-order valence-electron chi connectivity index (χ0n) is 9.04. The Morgan fingerprint density at radius 2 is 2.00 bits per heavy atom. The van der Waals surface area contributed by atoms with Gasteiger partial charge in [0.1, 0.15) is 18.0 Å². The van der Waals surface area contributed by atoms with Crippen molar-refractivity contribution >= 4 is 49.2 Å². The molecule has 0 aliphatic rings. The lowest BCUT2D eigenvalue weighted by molar-refractivity contribution is 1.14. The molecule has 3 N–H and O–H groups in total. The van der Waals surface area contributed by atoms with Gasteiger partial charge in [0.15, 0.2) is 0 Å². The van der Waals surface area contributed by atoms with Gasteiger partial charge in [-0.15, -0.1) is 0 Å². The molecular formula is C11H10Br2N4. The van der Waals surface area contributed by atoms with E-state index in [1.54, 1.807) is 0 Å². The first-order chi connectivity index (χ1) is 8.08. The number of hydrogen-bond donors (Lipinski definition) is 2. The van der Waals surface area contributed by atoms with E-state index in [1.165, 1.54) is 6.33 Å². The lowest BCUT2D eigenvalue weighted by Gasteiger charge is -2.11. The highest BCUT2D eigenvalue weighted by Crippen LogP contribution is 2.29. The molecule has 0 atom stereocenters. The highest BCUT2D eigenvalue weighted by molar-refractivity contribution is 9.11. The van der Waals surface area contributed by atoms with E-state index in [4.69, 9.17) is 5.73 Å². The summed E-state index contributed by atoms with van der Waals surface area (Å²) in [5.41, 5.74) is 7.48. The topological polar surface area (TPSA) is 63.8 Å². The fraction of sp³-hybridized carbons (Fsp3) is 0.0909.